The second-order valence-electron chi connectivity index (χ2n) is 4.83. The van der Waals surface area contributed by atoms with E-state index in [1.165, 1.54) is 5.56 Å². The molecule has 0 bridgehead atoms. The van der Waals surface area contributed by atoms with Crippen LogP contribution in [0.2, 0.25) is 0 Å². The first kappa shape index (κ1) is 11.8. The Balaban J connectivity index is 1.93. The lowest BCUT2D eigenvalue weighted by atomic mass is 10.1. The summed E-state index contributed by atoms with van der Waals surface area (Å²) in [6.07, 6.45) is 0.0860. The lowest BCUT2D eigenvalue weighted by molar-refractivity contribution is 0.842. The molecule has 1 aliphatic rings. The van der Waals surface area contributed by atoms with E-state index in [0.29, 0.717) is 0 Å². The van der Waals surface area contributed by atoms with Gasteiger partial charge in [0.05, 0.1) is 0 Å². The number of aliphatic imine (C=N–C) groups is 1. The van der Waals surface area contributed by atoms with Gasteiger partial charge in [-0.1, -0.05) is 29.8 Å². The number of benzene rings is 2. The van der Waals surface area contributed by atoms with E-state index in [1.54, 1.807) is 0 Å². The summed E-state index contributed by atoms with van der Waals surface area (Å²) in [7, 11) is 0. The third-order valence-corrected chi connectivity index (χ3v) is 3.18. The highest BCUT2D eigenvalue weighted by Gasteiger charge is 2.16. The fourth-order valence-electron chi connectivity index (χ4n) is 2.21. The second-order valence-corrected chi connectivity index (χ2v) is 4.83. The molecule has 0 amide bonds. The molecule has 0 radical (unpaired) electrons. The number of hydrogen-bond acceptors (Lipinski definition) is 3. The molecule has 0 saturated carbocycles. The van der Waals surface area contributed by atoms with Crippen molar-refractivity contribution in [2.24, 2.45) is 4.99 Å². The summed E-state index contributed by atoms with van der Waals surface area (Å²) < 4.78 is 0. The third kappa shape index (κ3) is 2.45. The second kappa shape index (κ2) is 4.76. The smallest absolute Gasteiger partial charge is 0.137 e. The molecule has 0 fully saturated rings. The molecule has 19 heavy (non-hydrogen) atoms. The van der Waals surface area contributed by atoms with Crippen LogP contribution in [-0.4, -0.2) is 12.0 Å². The number of amidine groups is 1. The first-order chi connectivity index (χ1) is 9.22. The van der Waals surface area contributed by atoms with Gasteiger partial charge in [-0.2, -0.15) is 0 Å². The first-order valence-electron chi connectivity index (χ1n) is 6.50. The van der Waals surface area contributed by atoms with Crippen LogP contribution in [-0.2, 0) is 0 Å². The van der Waals surface area contributed by atoms with Crippen molar-refractivity contribution in [2.75, 3.05) is 10.6 Å². The Morgan fingerprint density at radius 2 is 1.79 bits per heavy atom. The average molecular weight is 251 g/mol. The Kier molecular flexibility index (Phi) is 2.95. The predicted octanol–water partition coefficient (Wildman–Crippen LogP) is 3.63. The zero-order valence-corrected chi connectivity index (χ0v) is 11.1. The molecular formula is C16H17N3. The van der Waals surface area contributed by atoms with E-state index in [2.05, 4.69) is 58.9 Å². The van der Waals surface area contributed by atoms with Gasteiger partial charge < -0.3 is 10.6 Å². The summed E-state index contributed by atoms with van der Waals surface area (Å²) in [4.78, 5) is 4.64. The minimum absolute atomic E-state index is 0.0860. The largest absolute Gasteiger partial charge is 0.363 e. The summed E-state index contributed by atoms with van der Waals surface area (Å²) in [5.41, 5.74) is 4.56. The number of anilines is 2. The van der Waals surface area contributed by atoms with E-state index in [-0.39, 0.29) is 6.17 Å². The van der Waals surface area contributed by atoms with Crippen molar-refractivity contribution < 1.29 is 0 Å². The van der Waals surface area contributed by atoms with E-state index in [1.807, 2.05) is 19.1 Å². The van der Waals surface area contributed by atoms with Gasteiger partial charge in [0.1, 0.15) is 12.0 Å². The van der Waals surface area contributed by atoms with Crippen molar-refractivity contribution in [3.63, 3.8) is 0 Å². The van der Waals surface area contributed by atoms with Gasteiger partial charge in [0.25, 0.3) is 0 Å². The minimum atomic E-state index is 0.0860. The Labute approximate surface area is 113 Å². The fraction of sp³-hybridized carbons (Fsp3) is 0.188. The molecule has 3 heteroatoms. The Hall–Kier alpha value is -2.29. The summed E-state index contributed by atoms with van der Waals surface area (Å²) in [6.45, 7) is 4.13. The Morgan fingerprint density at radius 3 is 2.58 bits per heavy atom. The van der Waals surface area contributed by atoms with Gasteiger partial charge in [0, 0.05) is 16.9 Å². The highest BCUT2D eigenvalue weighted by molar-refractivity contribution is 6.12. The van der Waals surface area contributed by atoms with Gasteiger partial charge in [0.15, 0.2) is 0 Å². The van der Waals surface area contributed by atoms with Crippen molar-refractivity contribution in [1.82, 2.24) is 0 Å². The van der Waals surface area contributed by atoms with Crippen LogP contribution in [0.25, 0.3) is 0 Å². The highest BCUT2D eigenvalue weighted by atomic mass is 15.1. The summed E-state index contributed by atoms with van der Waals surface area (Å²) in [6, 6.07) is 16.6. The zero-order valence-electron chi connectivity index (χ0n) is 11.1. The SMILES string of the molecule is Cc1ccc(NC2=NC(C)Nc3ccccc32)cc1. The Bertz CT molecular complexity index is 614. The maximum atomic E-state index is 4.64. The van der Waals surface area contributed by atoms with E-state index in [0.717, 1.165) is 22.8 Å². The molecule has 0 aromatic heterocycles. The molecule has 1 heterocycles. The summed E-state index contributed by atoms with van der Waals surface area (Å²) in [5, 5.41) is 6.76. The molecule has 1 unspecified atom stereocenters. The van der Waals surface area contributed by atoms with Crippen LogP contribution in [0.5, 0.6) is 0 Å². The van der Waals surface area contributed by atoms with Crippen molar-refractivity contribution in [2.45, 2.75) is 20.0 Å². The van der Waals surface area contributed by atoms with Gasteiger partial charge in [-0.15, -0.1) is 0 Å². The number of aryl methyl sites for hydroxylation is 1. The van der Waals surface area contributed by atoms with E-state index < -0.39 is 0 Å². The summed E-state index contributed by atoms with van der Waals surface area (Å²) in [5.74, 6) is 0.922. The van der Waals surface area contributed by atoms with Gasteiger partial charge in [0.2, 0.25) is 0 Å². The van der Waals surface area contributed by atoms with Crippen LogP contribution >= 0.6 is 0 Å². The predicted molar refractivity (Wildman–Crippen MR) is 80.9 cm³/mol. The van der Waals surface area contributed by atoms with Crippen LogP contribution in [0.3, 0.4) is 0 Å². The molecule has 3 rings (SSSR count). The van der Waals surface area contributed by atoms with E-state index >= 15 is 0 Å². The van der Waals surface area contributed by atoms with Gasteiger partial charge >= 0.3 is 0 Å². The third-order valence-electron chi connectivity index (χ3n) is 3.18. The maximum absolute atomic E-state index is 4.64. The molecule has 0 saturated heterocycles. The van der Waals surface area contributed by atoms with Crippen LogP contribution < -0.4 is 10.6 Å². The lowest BCUT2D eigenvalue weighted by Crippen LogP contribution is -2.27. The molecule has 1 aliphatic heterocycles. The van der Waals surface area contributed by atoms with E-state index in [4.69, 9.17) is 0 Å². The molecular weight excluding hydrogens is 234 g/mol. The highest BCUT2D eigenvalue weighted by Crippen LogP contribution is 2.23. The van der Waals surface area contributed by atoms with Crippen molar-refractivity contribution >= 4 is 17.2 Å². The first-order valence-corrected chi connectivity index (χ1v) is 6.50. The lowest BCUT2D eigenvalue weighted by Gasteiger charge is -2.23. The van der Waals surface area contributed by atoms with Crippen LogP contribution in [0.4, 0.5) is 11.4 Å². The average Bonchev–Trinajstić information content (AvgIpc) is 2.41. The number of nitrogens with zero attached hydrogens (tertiary/aromatic N) is 1. The number of nitrogens with one attached hydrogen (secondary N) is 2. The number of rotatable bonds is 1. The molecule has 3 nitrogen and oxygen atoms in total. The monoisotopic (exact) mass is 251 g/mol. The molecule has 0 aliphatic carbocycles. The van der Waals surface area contributed by atoms with Gasteiger partial charge in [-0.3, -0.25) is 0 Å². The molecule has 2 aromatic carbocycles. The molecule has 1 atom stereocenters. The quantitative estimate of drug-likeness (QED) is 0.812. The topological polar surface area (TPSA) is 36.4 Å². The maximum Gasteiger partial charge on any atom is 0.137 e. The number of fused-ring (bicyclic) bond motifs is 1. The number of hydrogen-bond donors (Lipinski definition) is 2. The normalized spacial score (nSPS) is 17.2. The van der Waals surface area contributed by atoms with E-state index in [9.17, 15) is 0 Å². The fourth-order valence-corrected chi connectivity index (χ4v) is 2.21. The molecule has 96 valence electrons. The van der Waals surface area contributed by atoms with Crippen molar-refractivity contribution in [1.29, 1.82) is 0 Å². The minimum Gasteiger partial charge on any atom is -0.363 e. The van der Waals surface area contributed by atoms with Gasteiger partial charge in [-0.05, 0) is 38.1 Å². The van der Waals surface area contributed by atoms with Crippen molar-refractivity contribution in [3.05, 3.63) is 59.7 Å². The van der Waals surface area contributed by atoms with Gasteiger partial charge in [-0.25, -0.2) is 4.99 Å². The van der Waals surface area contributed by atoms with Crippen LogP contribution in [0.1, 0.15) is 18.1 Å². The van der Waals surface area contributed by atoms with Crippen molar-refractivity contribution in [3.8, 4) is 0 Å². The van der Waals surface area contributed by atoms with Crippen LogP contribution in [0.15, 0.2) is 53.5 Å². The van der Waals surface area contributed by atoms with Crippen LogP contribution in [0, 0.1) is 6.92 Å². The molecule has 2 N–H and O–H groups in total. The standard InChI is InChI=1S/C16H17N3/c1-11-7-9-13(10-8-11)19-16-14-5-3-4-6-15(14)17-12(2)18-16/h3-10,12,17H,1-2H3,(H,18,19). The zero-order chi connectivity index (χ0) is 13.2. The Morgan fingerprint density at radius 1 is 1.05 bits per heavy atom. The molecule has 0 spiro atoms. The number of para-hydroxylation sites is 1. The molecule has 2 aromatic rings. The summed E-state index contributed by atoms with van der Waals surface area (Å²) >= 11 is 0.